The van der Waals surface area contributed by atoms with E-state index in [1.165, 1.54) is 0 Å². The molecular weight excluding hydrogens is 272 g/mol. The average Bonchev–Trinajstić information content (AvgIpc) is 2.39. The number of hydrogen-bond donors (Lipinski definition) is 1. The Morgan fingerprint density at radius 2 is 2.05 bits per heavy atom. The Labute approximate surface area is 122 Å². The monoisotopic (exact) mass is 296 g/mol. The molecule has 1 aromatic rings. The van der Waals surface area contributed by atoms with E-state index >= 15 is 0 Å². The molecule has 1 heterocycles. The first-order chi connectivity index (χ1) is 9.53. The number of piperidine rings is 1. The van der Waals surface area contributed by atoms with Gasteiger partial charge in [-0.3, -0.25) is 0 Å². The molecule has 0 spiro atoms. The van der Waals surface area contributed by atoms with Crippen molar-refractivity contribution in [1.82, 2.24) is 9.62 Å². The van der Waals surface area contributed by atoms with Crippen LogP contribution < -0.4 is 5.32 Å². The van der Waals surface area contributed by atoms with Gasteiger partial charge >= 0.3 is 0 Å². The number of nitrogens with zero attached hydrogens (tertiary/aromatic N) is 1. The van der Waals surface area contributed by atoms with E-state index in [1.807, 2.05) is 38.2 Å². The van der Waals surface area contributed by atoms with E-state index in [0.717, 1.165) is 36.9 Å². The second-order valence-electron chi connectivity index (χ2n) is 5.56. The van der Waals surface area contributed by atoms with Crippen molar-refractivity contribution in [2.45, 2.75) is 44.5 Å². The predicted octanol–water partition coefficient (Wildman–Crippen LogP) is 2.11. The lowest BCUT2D eigenvalue weighted by Gasteiger charge is -2.32. The minimum Gasteiger partial charge on any atom is -0.316 e. The first-order valence-corrected chi connectivity index (χ1v) is 8.86. The molecule has 5 heteroatoms. The van der Waals surface area contributed by atoms with E-state index in [4.69, 9.17) is 0 Å². The van der Waals surface area contributed by atoms with E-state index in [-0.39, 0.29) is 11.8 Å². The molecular formula is C15H24N2O2S. The predicted molar refractivity (Wildman–Crippen MR) is 81.8 cm³/mol. The average molecular weight is 296 g/mol. The lowest BCUT2D eigenvalue weighted by Crippen LogP contribution is -2.42. The summed E-state index contributed by atoms with van der Waals surface area (Å²) in [4.78, 5) is 0. The molecule has 4 nitrogen and oxygen atoms in total. The van der Waals surface area contributed by atoms with Crippen LogP contribution >= 0.6 is 0 Å². The summed E-state index contributed by atoms with van der Waals surface area (Å²) in [5.41, 5.74) is 1.99. The van der Waals surface area contributed by atoms with Crippen LogP contribution in [0.1, 0.15) is 37.3 Å². The molecule has 1 saturated heterocycles. The topological polar surface area (TPSA) is 49.4 Å². The standard InChI is InChI=1S/C15H24N2O2S/c1-13-6-3-4-9-17(13)20(18,19)12-15-8-5-7-14(10-15)11-16-2/h5,7-8,10,13,16H,3-4,6,9,11-12H2,1-2H3. The van der Waals surface area contributed by atoms with Gasteiger partial charge in [0.05, 0.1) is 5.75 Å². The SMILES string of the molecule is CNCc1cccc(CS(=O)(=O)N2CCCCC2C)c1. The summed E-state index contributed by atoms with van der Waals surface area (Å²) in [6, 6.07) is 7.94. The molecule has 0 aliphatic carbocycles. The van der Waals surface area contributed by atoms with Crippen LogP contribution in [0.5, 0.6) is 0 Å². The maximum Gasteiger partial charge on any atom is 0.218 e. The third kappa shape index (κ3) is 3.81. The third-order valence-electron chi connectivity index (χ3n) is 3.82. The quantitative estimate of drug-likeness (QED) is 0.905. The Kier molecular flexibility index (Phi) is 5.18. The summed E-state index contributed by atoms with van der Waals surface area (Å²) in [5.74, 6) is 0.106. The lowest BCUT2D eigenvalue weighted by atomic mass is 10.1. The van der Waals surface area contributed by atoms with Crippen LogP contribution in [0, 0.1) is 0 Å². The zero-order valence-electron chi connectivity index (χ0n) is 12.3. The molecule has 2 rings (SSSR count). The molecule has 0 saturated carbocycles. The van der Waals surface area contributed by atoms with E-state index in [0.29, 0.717) is 6.54 Å². The van der Waals surface area contributed by atoms with Gasteiger partial charge in [0.1, 0.15) is 0 Å². The number of sulfonamides is 1. The molecule has 1 aromatic carbocycles. The van der Waals surface area contributed by atoms with E-state index in [9.17, 15) is 8.42 Å². The normalized spacial score (nSPS) is 21.0. The van der Waals surface area contributed by atoms with Gasteiger partial charge in [-0.1, -0.05) is 30.7 Å². The van der Waals surface area contributed by atoms with Gasteiger partial charge in [0, 0.05) is 19.1 Å². The highest BCUT2D eigenvalue weighted by Crippen LogP contribution is 2.22. The van der Waals surface area contributed by atoms with E-state index < -0.39 is 10.0 Å². The summed E-state index contributed by atoms with van der Waals surface area (Å²) in [5, 5.41) is 3.08. The summed E-state index contributed by atoms with van der Waals surface area (Å²) in [7, 11) is -1.32. The molecule has 1 aliphatic rings. The molecule has 1 atom stereocenters. The number of nitrogens with one attached hydrogen (secondary N) is 1. The van der Waals surface area contributed by atoms with Crippen molar-refractivity contribution >= 4 is 10.0 Å². The largest absolute Gasteiger partial charge is 0.316 e. The van der Waals surface area contributed by atoms with Crippen LogP contribution in [0.3, 0.4) is 0 Å². The van der Waals surface area contributed by atoms with Crippen molar-refractivity contribution in [3.05, 3.63) is 35.4 Å². The van der Waals surface area contributed by atoms with Gasteiger partial charge in [-0.15, -0.1) is 0 Å². The smallest absolute Gasteiger partial charge is 0.218 e. The van der Waals surface area contributed by atoms with Crippen molar-refractivity contribution in [3.8, 4) is 0 Å². The number of benzene rings is 1. The van der Waals surface area contributed by atoms with Gasteiger partial charge in [0.2, 0.25) is 10.0 Å². The second kappa shape index (κ2) is 6.70. The highest BCUT2D eigenvalue weighted by atomic mass is 32.2. The molecule has 20 heavy (non-hydrogen) atoms. The van der Waals surface area contributed by atoms with Crippen LogP contribution in [0.25, 0.3) is 0 Å². The molecule has 0 bridgehead atoms. The first-order valence-electron chi connectivity index (χ1n) is 7.25. The number of hydrogen-bond acceptors (Lipinski definition) is 3. The Bertz CT molecular complexity index is 543. The van der Waals surface area contributed by atoms with Gasteiger partial charge in [0.25, 0.3) is 0 Å². The summed E-state index contributed by atoms with van der Waals surface area (Å²) >= 11 is 0. The zero-order chi connectivity index (χ0) is 14.6. The summed E-state index contributed by atoms with van der Waals surface area (Å²) in [6.45, 7) is 3.43. The number of rotatable bonds is 5. The van der Waals surface area contributed by atoms with Gasteiger partial charge < -0.3 is 5.32 Å². The highest BCUT2D eigenvalue weighted by molar-refractivity contribution is 7.88. The van der Waals surface area contributed by atoms with Crippen LogP contribution in [0.15, 0.2) is 24.3 Å². The molecule has 112 valence electrons. The molecule has 1 unspecified atom stereocenters. The van der Waals surface area contributed by atoms with E-state index in [2.05, 4.69) is 5.32 Å². The molecule has 0 amide bonds. The van der Waals surface area contributed by atoms with Crippen LogP contribution in [-0.4, -0.2) is 32.4 Å². The maximum absolute atomic E-state index is 12.5. The van der Waals surface area contributed by atoms with Crippen LogP contribution in [0.2, 0.25) is 0 Å². The second-order valence-corrected chi connectivity index (χ2v) is 7.48. The van der Waals surface area contributed by atoms with Crippen molar-refractivity contribution in [1.29, 1.82) is 0 Å². The summed E-state index contributed by atoms with van der Waals surface area (Å²) in [6.07, 6.45) is 3.08. The fourth-order valence-electron chi connectivity index (χ4n) is 2.81. The summed E-state index contributed by atoms with van der Waals surface area (Å²) < 4.78 is 26.8. The van der Waals surface area contributed by atoms with Crippen LogP contribution in [0.4, 0.5) is 0 Å². The molecule has 0 aromatic heterocycles. The molecule has 1 fully saturated rings. The lowest BCUT2D eigenvalue weighted by molar-refractivity contribution is 0.268. The van der Waals surface area contributed by atoms with Crippen molar-refractivity contribution < 1.29 is 8.42 Å². The van der Waals surface area contributed by atoms with Gasteiger partial charge in [-0.25, -0.2) is 8.42 Å². The third-order valence-corrected chi connectivity index (χ3v) is 5.78. The maximum atomic E-state index is 12.5. The molecule has 1 N–H and O–H groups in total. The van der Waals surface area contributed by atoms with Crippen LogP contribution in [-0.2, 0) is 22.3 Å². The minimum absolute atomic E-state index is 0.106. The Morgan fingerprint density at radius 1 is 1.30 bits per heavy atom. The van der Waals surface area contributed by atoms with Crippen molar-refractivity contribution in [2.24, 2.45) is 0 Å². The van der Waals surface area contributed by atoms with Gasteiger partial charge in [0.15, 0.2) is 0 Å². The highest BCUT2D eigenvalue weighted by Gasteiger charge is 2.29. The fourth-order valence-corrected chi connectivity index (χ4v) is 4.64. The van der Waals surface area contributed by atoms with Gasteiger partial charge in [-0.2, -0.15) is 4.31 Å². The molecule has 0 radical (unpaired) electrons. The Balaban J connectivity index is 2.13. The Hall–Kier alpha value is -0.910. The minimum atomic E-state index is -3.20. The fraction of sp³-hybridized carbons (Fsp3) is 0.600. The first kappa shape index (κ1) is 15.5. The zero-order valence-corrected chi connectivity index (χ0v) is 13.1. The van der Waals surface area contributed by atoms with Crippen molar-refractivity contribution in [3.63, 3.8) is 0 Å². The Morgan fingerprint density at radius 3 is 2.75 bits per heavy atom. The van der Waals surface area contributed by atoms with E-state index in [1.54, 1.807) is 4.31 Å². The molecule has 1 aliphatic heterocycles. The van der Waals surface area contributed by atoms with Crippen molar-refractivity contribution in [2.75, 3.05) is 13.6 Å². The van der Waals surface area contributed by atoms with Gasteiger partial charge in [-0.05, 0) is 37.9 Å².